The summed E-state index contributed by atoms with van der Waals surface area (Å²) in [5.74, 6) is 5.27. The molecule has 0 radical (unpaired) electrons. The molecule has 0 heterocycles. The van der Waals surface area contributed by atoms with Crippen molar-refractivity contribution in [2.45, 2.75) is 31.2 Å². The van der Waals surface area contributed by atoms with Crippen LogP contribution in [0.4, 0.5) is 18.9 Å². The van der Waals surface area contributed by atoms with Gasteiger partial charge < -0.3 is 0 Å². The largest absolute Gasteiger partial charge is 0.518 e. The molecule has 0 saturated carbocycles. The van der Waals surface area contributed by atoms with E-state index in [0.717, 1.165) is 11.6 Å². The summed E-state index contributed by atoms with van der Waals surface area (Å²) >= 11 is 0. The van der Waals surface area contributed by atoms with E-state index in [1.165, 1.54) is 31.2 Å². The molecule has 0 aliphatic heterocycles. The van der Waals surface area contributed by atoms with Gasteiger partial charge in [0.2, 0.25) is 0 Å². The van der Waals surface area contributed by atoms with Crippen LogP contribution in [0.5, 0.6) is 0 Å². The molecule has 13 heteroatoms. The SMILES string of the molecule is C/C(=N\NS(=O)(=O)c1ccc(C)cc1)c1cc(C)ccc1N(N)S(=O)(=O)C(F)(F)F. The van der Waals surface area contributed by atoms with Crippen LogP contribution in [0.15, 0.2) is 52.5 Å². The van der Waals surface area contributed by atoms with Crippen LogP contribution in [0.2, 0.25) is 0 Å². The fraction of sp³-hybridized carbons (Fsp3) is 0.235. The summed E-state index contributed by atoms with van der Waals surface area (Å²) in [5.41, 5.74) is -4.94. The van der Waals surface area contributed by atoms with Gasteiger partial charge in [-0.1, -0.05) is 29.3 Å². The van der Waals surface area contributed by atoms with Gasteiger partial charge in [0.1, 0.15) is 0 Å². The zero-order chi connectivity index (χ0) is 22.9. The number of alkyl halides is 3. The number of nitrogens with one attached hydrogen (secondary N) is 1. The minimum atomic E-state index is -5.87. The Kier molecular flexibility index (Phi) is 6.49. The second kappa shape index (κ2) is 8.24. The van der Waals surface area contributed by atoms with Gasteiger partial charge in [0.05, 0.1) is 16.3 Å². The van der Waals surface area contributed by atoms with Crippen LogP contribution < -0.4 is 15.1 Å². The van der Waals surface area contributed by atoms with Gasteiger partial charge in [-0.2, -0.15) is 44.4 Å². The summed E-state index contributed by atoms with van der Waals surface area (Å²) < 4.78 is 86.3. The van der Waals surface area contributed by atoms with Gasteiger partial charge in [0.15, 0.2) is 0 Å². The first-order chi connectivity index (χ1) is 13.7. The van der Waals surface area contributed by atoms with Gasteiger partial charge in [0, 0.05) is 5.56 Å². The summed E-state index contributed by atoms with van der Waals surface area (Å²) in [6.07, 6.45) is 0. The normalized spacial score (nSPS) is 13.2. The number of aryl methyl sites for hydroxylation is 2. The Morgan fingerprint density at radius 1 is 1.00 bits per heavy atom. The Morgan fingerprint density at radius 2 is 1.53 bits per heavy atom. The Labute approximate surface area is 172 Å². The van der Waals surface area contributed by atoms with E-state index in [0.29, 0.717) is 5.56 Å². The Morgan fingerprint density at radius 3 is 2.07 bits per heavy atom. The van der Waals surface area contributed by atoms with Gasteiger partial charge in [-0.05, 0) is 45.0 Å². The first kappa shape index (κ1) is 23.6. The minimum Gasteiger partial charge on any atom is -0.233 e. The van der Waals surface area contributed by atoms with Crippen LogP contribution >= 0.6 is 0 Å². The number of nitrogens with two attached hydrogens (primary N) is 1. The fourth-order valence-electron chi connectivity index (χ4n) is 2.33. The van der Waals surface area contributed by atoms with E-state index in [4.69, 9.17) is 5.84 Å². The molecule has 0 aliphatic rings. The van der Waals surface area contributed by atoms with Gasteiger partial charge in [0.25, 0.3) is 10.0 Å². The van der Waals surface area contributed by atoms with Crippen LogP contribution in [-0.2, 0) is 20.0 Å². The molecule has 30 heavy (non-hydrogen) atoms. The summed E-state index contributed by atoms with van der Waals surface area (Å²) in [6.45, 7) is 4.68. The van der Waals surface area contributed by atoms with Crippen LogP contribution in [0.3, 0.4) is 0 Å². The molecular formula is C17H19F3N4O4S2. The number of sulfonamides is 2. The maximum atomic E-state index is 12.9. The molecule has 164 valence electrons. The quantitative estimate of drug-likeness (QED) is 0.387. The van der Waals surface area contributed by atoms with Crippen molar-refractivity contribution in [2.24, 2.45) is 10.9 Å². The molecule has 0 spiro atoms. The molecule has 0 amide bonds. The van der Waals surface area contributed by atoms with Gasteiger partial charge in [-0.3, -0.25) is 0 Å². The van der Waals surface area contributed by atoms with E-state index in [9.17, 15) is 30.0 Å². The number of hydrazine groups is 1. The number of anilines is 1. The van der Waals surface area contributed by atoms with E-state index >= 15 is 0 Å². The van der Waals surface area contributed by atoms with E-state index < -0.39 is 35.7 Å². The van der Waals surface area contributed by atoms with Crippen molar-refractivity contribution in [1.82, 2.24) is 4.83 Å². The highest BCUT2D eigenvalue weighted by Gasteiger charge is 2.50. The third-order valence-corrected chi connectivity index (χ3v) is 6.52. The van der Waals surface area contributed by atoms with Crippen LogP contribution in [-0.4, -0.2) is 28.1 Å². The molecular weight excluding hydrogens is 445 g/mol. The van der Waals surface area contributed by atoms with Gasteiger partial charge in [-0.25, -0.2) is 5.84 Å². The first-order valence-electron chi connectivity index (χ1n) is 8.27. The van der Waals surface area contributed by atoms with Crippen molar-refractivity contribution in [1.29, 1.82) is 0 Å². The Bertz CT molecular complexity index is 1180. The first-order valence-corrected chi connectivity index (χ1v) is 11.2. The zero-order valence-electron chi connectivity index (χ0n) is 16.1. The molecule has 0 atom stereocenters. The number of hydrogen-bond donors (Lipinski definition) is 2. The van der Waals surface area contributed by atoms with Gasteiger partial charge >= 0.3 is 15.5 Å². The second-order valence-corrected chi connectivity index (χ2v) is 9.84. The average Bonchev–Trinajstić information content (AvgIpc) is 2.65. The minimum absolute atomic E-state index is 0.0748. The lowest BCUT2D eigenvalue weighted by Gasteiger charge is -2.23. The zero-order valence-corrected chi connectivity index (χ0v) is 17.7. The lowest BCUT2D eigenvalue weighted by atomic mass is 10.1. The molecule has 2 aromatic carbocycles. The standard InChI is InChI=1S/C17H19F3N4O4S2/c1-11-4-7-14(8-5-11)29(25,26)23-22-13(3)15-10-12(2)6-9-16(15)24(21)30(27,28)17(18,19)20/h4-10,23H,21H2,1-3H3/b22-13+. The summed E-state index contributed by atoms with van der Waals surface area (Å²) in [6, 6.07) is 9.64. The van der Waals surface area contributed by atoms with Crippen molar-refractivity contribution in [2.75, 3.05) is 4.41 Å². The van der Waals surface area contributed by atoms with Crippen molar-refractivity contribution in [3.05, 3.63) is 59.2 Å². The van der Waals surface area contributed by atoms with Crippen LogP contribution in [0.1, 0.15) is 23.6 Å². The average molecular weight is 464 g/mol. The summed E-state index contributed by atoms with van der Waals surface area (Å²) in [7, 11) is -9.93. The molecule has 2 aromatic rings. The lowest BCUT2D eigenvalue weighted by molar-refractivity contribution is -0.0438. The molecule has 8 nitrogen and oxygen atoms in total. The number of halogens is 3. The van der Waals surface area contributed by atoms with Crippen molar-refractivity contribution in [3.8, 4) is 0 Å². The topological polar surface area (TPSA) is 122 Å². The van der Waals surface area contributed by atoms with Gasteiger partial charge in [-0.15, -0.1) is 0 Å². The molecule has 3 N–H and O–H groups in total. The van der Waals surface area contributed by atoms with E-state index in [2.05, 4.69) is 5.10 Å². The predicted molar refractivity (Wildman–Crippen MR) is 107 cm³/mol. The second-order valence-electron chi connectivity index (χ2n) is 6.37. The number of nitrogens with zero attached hydrogens (tertiary/aromatic N) is 2. The molecule has 0 aliphatic carbocycles. The third kappa shape index (κ3) is 4.91. The summed E-state index contributed by atoms with van der Waals surface area (Å²) in [4.78, 5) is 1.90. The maximum Gasteiger partial charge on any atom is 0.518 e. The number of hydrogen-bond acceptors (Lipinski definition) is 6. The summed E-state index contributed by atoms with van der Waals surface area (Å²) in [5, 5.41) is 3.71. The van der Waals surface area contributed by atoms with Crippen molar-refractivity contribution in [3.63, 3.8) is 0 Å². The number of benzene rings is 2. The fourth-order valence-corrected chi connectivity index (χ4v) is 3.83. The van der Waals surface area contributed by atoms with E-state index in [-0.39, 0.29) is 16.2 Å². The predicted octanol–water partition coefficient (Wildman–Crippen LogP) is 2.54. The highest BCUT2D eigenvalue weighted by Crippen LogP contribution is 2.31. The van der Waals surface area contributed by atoms with Crippen molar-refractivity contribution < 1.29 is 30.0 Å². The molecule has 0 saturated heterocycles. The van der Waals surface area contributed by atoms with Crippen LogP contribution in [0, 0.1) is 13.8 Å². The molecule has 0 unspecified atom stereocenters. The smallest absolute Gasteiger partial charge is 0.233 e. The lowest BCUT2D eigenvalue weighted by Crippen LogP contribution is -2.46. The molecule has 0 aromatic heterocycles. The molecule has 0 bridgehead atoms. The highest BCUT2D eigenvalue weighted by atomic mass is 32.2. The number of rotatable bonds is 6. The third-order valence-electron chi connectivity index (χ3n) is 4.00. The maximum absolute atomic E-state index is 12.9. The highest BCUT2D eigenvalue weighted by molar-refractivity contribution is 7.93. The van der Waals surface area contributed by atoms with E-state index in [1.807, 2.05) is 4.83 Å². The monoisotopic (exact) mass is 464 g/mol. The Hall–Kier alpha value is -2.64. The van der Waals surface area contributed by atoms with Crippen LogP contribution in [0.25, 0.3) is 0 Å². The number of hydrazone groups is 1. The Balaban J connectivity index is 2.46. The van der Waals surface area contributed by atoms with Crippen molar-refractivity contribution >= 4 is 31.4 Å². The van der Waals surface area contributed by atoms with E-state index in [1.54, 1.807) is 26.0 Å². The molecule has 0 fully saturated rings. The molecule has 2 rings (SSSR count).